The van der Waals surface area contributed by atoms with Crippen molar-refractivity contribution in [3.63, 3.8) is 0 Å². The van der Waals surface area contributed by atoms with Crippen LogP contribution in [0.1, 0.15) is 46.0 Å². The summed E-state index contributed by atoms with van der Waals surface area (Å²) >= 11 is 0. The average molecular weight is 645 g/mol. The van der Waals surface area contributed by atoms with Gasteiger partial charge in [0.2, 0.25) is 0 Å². The number of hydrogen-bond donors (Lipinski definition) is 0. The zero-order valence-corrected chi connectivity index (χ0v) is 21.5. The third kappa shape index (κ3) is 5.41. The number of carbonyl (C=O) groups excluding carboxylic acids is 2. The average Bonchev–Trinajstić information content (AvgIpc) is 2.90. The van der Waals surface area contributed by atoms with Crippen LogP contribution in [0.5, 0.6) is 0 Å². The number of amides is 2. The van der Waals surface area contributed by atoms with Crippen molar-refractivity contribution in [1.29, 1.82) is 0 Å². The molecule has 2 amide bonds. The van der Waals surface area contributed by atoms with Crippen molar-refractivity contribution in [2.45, 2.75) is 24.9 Å². The molecule has 181 valence electrons. The molecule has 4 rings (SSSR count). The molecule has 0 N–H and O–H groups in total. The van der Waals surface area contributed by atoms with Gasteiger partial charge in [0.25, 0.3) is 0 Å². The van der Waals surface area contributed by atoms with Crippen LogP contribution in [-0.2, 0) is 33.5 Å². The molecule has 0 fully saturated rings. The van der Waals surface area contributed by atoms with Crippen LogP contribution in [-0.4, -0.2) is 21.8 Å². The van der Waals surface area contributed by atoms with Crippen LogP contribution in [0.4, 0.5) is 0 Å². The minimum Gasteiger partial charge on any atom is -0.640 e. The predicted molar refractivity (Wildman–Crippen MR) is 131 cm³/mol. The fraction of sp³-hybridized carbons (Fsp3) is 0.143. The van der Waals surface area contributed by atoms with Gasteiger partial charge in [-0.15, -0.1) is 0 Å². The molecule has 7 heteroatoms. The van der Waals surface area contributed by atoms with E-state index in [0.717, 1.165) is 11.1 Å². The Morgan fingerprint density at radius 2 is 0.914 bits per heavy atom. The number of hydrogen-bond acceptors (Lipinski definition) is 4. The Kier molecular flexibility index (Phi) is 8.35. The maximum Gasteiger partial charge on any atom is 0.101 e. The van der Waals surface area contributed by atoms with Gasteiger partial charge in [-0.3, -0.25) is 9.97 Å². The van der Waals surface area contributed by atoms with Gasteiger partial charge in [-0.2, -0.15) is 0 Å². The first-order valence-corrected chi connectivity index (χ1v) is 10.9. The Morgan fingerprint density at radius 3 is 1.23 bits per heavy atom. The molecule has 35 heavy (non-hydrogen) atoms. The van der Waals surface area contributed by atoms with Gasteiger partial charge in [0.1, 0.15) is 11.8 Å². The first kappa shape index (κ1) is 26.0. The summed E-state index contributed by atoms with van der Waals surface area (Å²) in [5.74, 6) is -0.982. The van der Waals surface area contributed by atoms with Crippen LogP contribution >= 0.6 is 0 Å². The monoisotopic (exact) mass is 645 g/mol. The summed E-state index contributed by atoms with van der Waals surface area (Å²) in [6.45, 7) is 3.65. The molecule has 1 radical (unpaired) electrons. The van der Waals surface area contributed by atoms with E-state index >= 15 is 0 Å². The number of rotatable bonds is 7. The minimum atomic E-state index is -1.24. The number of pyridine rings is 2. The van der Waals surface area contributed by atoms with Crippen molar-refractivity contribution < 1.29 is 32.0 Å². The number of aromatic nitrogens is 2. The van der Waals surface area contributed by atoms with Gasteiger partial charge < -0.3 is 20.2 Å². The molecule has 0 saturated heterocycles. The van der Waals surface area contributed by atoms with Gasteiger partial charge in [0.05, 0.1) is 11.4 Å². The second-order valence-electron chi connectivity index (χ2n) is 8.14. The maximum atomic E-state index is 13.3. The number of benzene rings is 2. The van der Waals surface area contributed by atoms with E-state index < -0.39 is 22.9 Å². The normalized spacial score (nSPS) is 13.9. The van der Waals surface area contributed by atoms with Crippen molar-refractivity contribution in [1.82, 2.24) is 9.97 Å². The largest absolute Gasteiger partial charge is 0.640 e. The fourth-order valence-electron chi connectivity index (χ4n) is 3.93. The van der Waals surface area contributed by atoms with Crippen molar-refractivity contribution in [3.05, 3.63) is 143 Å². The zero-order valence-electron chi connectivity index (χ0n) is 19.3. The summed E-state index contributed by atoms with van der Waals surface area (Å²) in [6, 6.07) is 29.0. The quantitative estimate of drug-likeness (QED) is 0.230. The van der Waals surface area contributed by atoms with Gasteiger partial charge in [-0.05, 0) is 24.3 Å². The van der Waals surface area contributed by atoms with Gasteiger partial charge in [0, 0.05) is 34.8 Å². The molecule has 0 aliphatic heterocycles. The molecule has 0 bridgehead atoms. The summed E-state index contributed by atoms with van der Waals surface area (Å²) in [6.07, 6.45) is 3.10. The SMILES string of the molecule is CC([N-]C(=O)c1ccccn1)(c1ccccc1)C(C)([N-]C(=O)c1ccccn1)c1ccccc1.[Au]. The minimum absolute atomic E-state index is 0. The Morgan fingerprint density at radius 1 is 0.571 bits per heavy atom. The molecular weight excluding hydrogens is 621 g/mol. The van der Waals surface area contributed by atoms with Gasteiger partial charge in [-0.1, -0.05) is 109 Å². The molecule has 2 atom stereocenters. The molecule has 0 aliphatic carbocycles. The predicted octanol–water partition coefficient (Wildman–Crippen LogP) is 6.03. The van der Waals surface area contributed by atoms with Crippen LogP contribution in [0.25, 0.3) is 10.6 Å². The van der Waals surface area contributed by atoms with E-state index in [4.69, 9.17) is 0 Å². The van der Waals surface area contributed by atoms with Crippen molar-refractivity contribution in [3.8, 4) is 0 Å². The maximum absolute atomic E-state index is 13.3. The van der Waals surface area contributed by atoms with Crippen molar-refractivity contribution in [2.75, 3.05) is 0 Å². The third-order valence-corrected chi connectivity index (χ3v) is 6.04. The van der Waals surface area contributed by atoms with Crippen molar-refractivity contribution >= 4 is 11.8 Å². The summed E-state index contributed by atoms with van der Waals surface area (Å²) in [7, 11) is 0. The van der Waals surface area contributed by atoms with Crippen LogP contribution < -0.4 is 0 Å². The molecule has 2 aromatic carbocycles. The summed E-state index contributed by atoms with van der Waals surface area (Å²) in [5.41, 5.74) is -0.567. The molecule has 2 aromatic heterocycles. The number of carbonyl (C=O) groups is 2. The van der Waals surface area contributed by atoms with E-state index in [0.29, 0.717) is 0 Å². The standard InChI is InChI=1S/C28H26N4O2.Au/c1-27(21-13-5-3-6-14-21,31-25(33)23-17-9-11-19-29-23)28(2,22-15-7-4-8-16-22)32-26(34)24-18-10-12-20-30-24;/h3-20H,1-2H3,(H2,31,32,33,34);/p-2. The summed E-state index contributed by atoms with van der Waals surface area (Å²) < 4.78 is 0. The van der Waals surface area contributed by atoms with E-state index in [1.807, 2.05) is 74.5 Å². The van der Waals surface area contributed by atoms with Gasteiger partial charge in [-0.25, -0.2) is 0 Å². The van der Waals surface area contributed by atoms with E-state index in [1.165, 1.54) is 0 Å². The number of nitrogens with zero attached hydrogens (tertiary/aromatic N) is 4. The molecule has 4 aromatic rings. The van der Waals surface area contributed by atoms with E-state index in [9.17, 15) is 9.59 Å². The molecule has 0 aliphatic rings. The fourth-order valence-corrected chi connectivity index (χ4v) is 3.93. The van der Waals surface area contributed by atoms with E-state index in [1.54, 1.807) is 48.8 Å². The molecule has 2 unspecified atom stereocenters. The molecule has 2 heterocycles. The summed E-state index contributed by atoms with van der Waals surface area (Å²) in [5, 5.41) is 9.35. The Bertz CT molecular complexity index is 1160. The molecule has 0 spiro atoms. The van der Waals surface area contributed by atoms with Crippen molar-refractivity contribution in [2.24, 2.45) is 0 Å². The first-order chi connectivity index (χ1) is 16.4. The Hall–Kier alpha value is -3.58. The van der Waals surface area contributed by atoms with Crippen LogP contribution in [0, 0.1) is 0 Å². The van der Waals surface area contributed by atoms with Crippen LogP contribution in [0.3, 0.4) is 0 Å². The smallest absolute Gasteiger partial charge is 0.101 e. The molecule has 0 saturated carbocycles. The van der Waals surface area contributed by atoms with Crippen LogP contribution in [0.2, 0.25) is 0 Å². The second kappa shape index (κ2) is 11.2. The third-order valence-electron chi connectivity index (χ3n) is 6.04. The van der Waals surface area contributed by atoms with E-state index in [-0.39, 0.29) is 33.8 Å². The van der Waals surface area contributed by atoms with E-state index in [2.05, 4.69) is 20.6 Å². The Balaban J connectivity index is 0.00000342. The zero-order chi connectivity index (χ0) is 24.0. The molecule has 6 nitrogen and oxygen atoms in total. The van der Waals surface area contributed by atoms with Crippen LogP contribution in [0.15, 0.2) is 109 Å². The Labute approximate surface area is 220 Å². The van der Waals surface area contributed by atoms with Gasteiger partial charge >= 0.3 is 0 Å². The molecular formula is C28H24AuN4O2-2. The van der Waals surface area contributed by atoms with Gasteiger partial charge in [0.15, 0.2) is 0 Å². The summed E-state index contributed by atoms with van der Waals surface area (Å²) in [4.78, 5) is 34.9. The first-order valence-electron chi connectivity index (χ1n) is 10.9. The second-order valence-corrected chi connectivity index (χ2v) is 8.14. The topological polar surface area (TPSA) is 88.1 Å².